The predicted octanol–water partition coefficient (Wildman–Crippen LogP) is 0.131. The highest BCUT2D eigenvalue weighted by Crippen LogP contribution is 2.13. The summed E-state index contributed by atoms with van der Waals surface area (Å²) in [5.74, 6) is 0. The molecule has 0 amide bonds. The Kier molecular flexibility index (Phi) is 5.12. The maximum Gasteiger partial charge on any atom is 0.277 e. The van der Waals surface area contributed by atoms with Crippen LogP contribution in [-0.2, 0) is 10.2 Å². The van der Waals surface area contributed by atoms with Gasteiger partial charge in [-0.2, -0.15) is 13.1 Å². The standard InChI is InChI=1S/C8H19N3O2S2/c1-6(2)11-15(12,13)10-5-8(3,4)7(9)14/h6,10-11H,5H2,1-4H3,(H2,9,14). The highest BCUT2D eigenvalue weighted by atomic mass is 32.2. The van der Waals surface area contributed by atoms with Gasteiger partial charge in [0, 0.05) is 18.0 Å². The van der Waals surface area contributed by atoms with Crippen molar-refractivity contribution < 1.29 is 8.42 Å². The van der Waals surface area contributed by atoms with E-state index in [1.165, 1.54) is 0 Å². The zero-order valence-corrected chi connectivity index (χ0v) is 11.1. The molecule has 0 aromatic heterocycles. The molecule has 0 spiro atoms. The first-order valence-corrected chi connectivity index (χ1v) is 6.53. The Hall–Kier alpha value is -0.240. The van der Waals surface area contributed by atoms with E-state index in [0.717, 1.165) is 0 Å². The average molecular weight is 253 g/mol. The van der Waals surface area contributed by atoms with E-state index in [1.54, 1.807) is 27.7 Å². The normalized spacial score (nSPS) is 13.1. The largest absolute Gasteiger partial charge is 0.393 e. The minimum atomic E-state index is -3.46. The van der Waals surface area contributed by atoms with Crippen molar-refractivity contribution in [1.29, 1.82) is 0 Å². The van der Waals surface area contributed by atoms with Gasteiger partial charge in [0.25, 0.3) is 10.2 Å². The summed E-state index contributed by atoms with van der Waals surface area (Å²) in [5.41, 5.74) is 4.95. The molecule has 0 aromatic carbocycles. The number of thiocarbonyl (C=S) groups is 1. The fourth-order valence-electron chi connectivity index (χ4n) is 0.715. The second kappa shape index (κ2) is 5.20. The molecule has 15 heavy (non-hydrogen) atoms. The summed E-state index contributed by atoms with van der Waals surface area (Å²) >= 11 is 4.83. The van der Waals surface area contributed by atoms with Crippen LogP contribution in [0.25, 0.3) is 0 Å². The SMILES string of the molecule is CC(C)NS(=O)(=O)NCC(C)(C)C(N)=S. The second-order valence-corrected chi connectivity index (χ2v) is 6.32. The zero-order chi connectivity index (χ0) is 12.3. The minimum Gasteiger partial charge on any atom is -0.393 e. The Balaban J connectivity index is 4.34. The Morgan fingerprint density at radius 3 is 2.27 bits per heavy atom. The van der Waals surface area contributed by atoms with Gasteiger partial charge in [-0.25, -0.2) is 4.72 Å². The van der Waals surface area contributed by atoms with Crippen LogP contribution in [-0.4, -0.2) is 26.0 Å². The lowest BCUT2D eigenvalue weighted by atomic mass is 9.94. The molecule has 0 heterocycles. The monoisotopic (exact) mass is 253 g/mol. The lowest BCUT2D eigenvalue weighted by Crippen LogP contribution is -2.46. The average Bonchev–Trinajstić information content (AvgIpc) is 1.98. The van der Waals surface area contributed by atoms with E-state index in [0.29, 0.717) is 0 Å². The van der Waals surface area contributed by atoms with E-state index in [9.17, 15) is 8.42 Å². The van der Waals surface area contributed by atoms with Crippen molar-refractivity contribution in [2.24, 2.45) is 11.1 Å². The van der Waals surface area contributed by atoms with Crippen LogP contribution in [0.3, 0.4) is 0 Å². The van der Waals surface area contributed by atoms with E-state index < -0.39 is 15.6 Å². The molecular formula is C8H19N3O2S2. The Morgan fingerprint density at radius 2 is 1.93 bits per heavy atom. The van der Waals surface area contributed by atoms with E-state index in [4.69, 9.17) is 18.0 Å². The Labute approximate surface area is 97.0 Å². The summed E-state index contributed by atoms with van der Waals surface area (Å²) in [4.78, 5) is 0.287. The predicted molar refractivity (Wildman–Crippen MR) is 65.8 cm³/mol. The van der Waals surface area contributed by atoms with Gasteiger partial charge in [-0.05, 0) is 13.8 Å². The van der Waals surface area contributed by atoms with Gasteiger partial charge in [0.15, 0.2) is 0 Å². The molecule has 5 nitrogen and oxygen atoms in total. The summed E-state index contributed by atoms with van der Waals surface area (Å²) < 4.78 is 27.6. The first kappa shape index (κ1) is 14.8. The number of hydrogen-bond acceptors (Lipinski definition) is 3. The van der Waals surface area contributed by atoms with Crippen molar-refractivity contribution >= 4 is 27.4 Å². The Morgan fingerprint density at radius 1 is 1.47 bits per heavy atom. The van der Waals surface area contributed by atoms with Crippen LogP contribution in [0.4, 0.5) is 0 Å². The lowest BCUT2D eigenvalue weighted by Gasteiger charge is -2.23. The van der Waals surface area contributed by atoms with Crippen LogP contribution >= 0.6 is 12.2 Å². The number of hydrogen-bond donors (Lipinski definition) is 3. The van der Waals surface area contributed by atoms with Crippen LogP contribution in [0.15, 0.2) is 0 Å². The molecule has 0 aromatic rings. The zero-order valence-electron chi connectivity index (χ0n) is 9.49. The van der Waals surface area contributed by atoms with Crippen molar-refractivity contribution in [3.8, 4) is 0 Å². The number of nitrogens with one attached hydrogen (secondary N) is 2. The van der Waals surface area contributed by atoms with E-state index >= 15 is 0 Å². The molecule has 0 radical (unpaired) electrons. The summed E-state index contributed by atoms with van der Waals surface area (Å²) in [5, 5.41) is 0. The van der Waals surface area contributed by atoms with Crippen LogP contribution in [0.5, 0.6) is 0 Å². The van der Waals surface area contributed by atoms with Gasteiger partial charge in [0.05, 0.1) is 4.99 Å². The van der Waals surface area contributed by atoms with Crippen molar-refractivity contribution in [2.75, 3.05) is 6.54 Å². The van der Waals surface area contributed by atoms with Crippen LogP contribution in [0.2, 0.25) is 0 Å². The summed E-state index contributed by atoms with van der Waals surface area (Å²) in [6, 6.07) is -0.143. The van der Waals surface area contributed by atoms with Gasteiger partial charge in [0.1, 0.15) is 0 Å². The molecule has 0 saturated heterocycles. The third-order valence-corrected chi connectivity index (χ3v) is 3.62. The molecule has 90 valence electrons. The van der Waals surface area contributed by atoms with Crippen molar-refractivity contribution in [3.63, 3.8) is 0 Å². The molecule has 0 atom stereocenters. The number of nitrogens with two attached hydrogens (primary N) is 1. The minimum absolute atomic E-state index is 0.143. The molecule has 0 aliphatic rings. The van der Waals surface area contributed by atoms with Crippen LogP contribution in [0, 0.1) is 5.41 Å². The smallest absolute Gasteiger partial charge is 0.277 e. The first-order chi connectivity index (χ1) is 6.57. The van der Waals surface area contributed by atoms with E-state index in [1.807, 2.05) is 0 Å². The van der Waals surface area contributed by atoms with E-state index in [2.05, 4.69) is 9.44 Å². The topological polar surface area (TPSA) is 84.2 Å². The molecule has 0 fully saturated rings. The molecule has 0 aliphatic carbocycles. The van der Waals surface area contributed by atoms with Gasteiger partial charge in [0.2, 0.25) is 0 Å². The van der Waals surface area contributed by atoms with Crippen LogP contribution in [0.1, 0.15) is 27.7 Å². The van der Waals surface area contributed by atoms with Gasteiger partial charge in [-0.1, -0.05) is 26.1 Å². The second-order valence-electron chi connectivity index (χ2n) is 4.35. The molecule has 0 aliphatic heterocycles. The molecule has 4 N–H and O–H groups in total. The fraction of sp³-hybridized carbons (Fsp3) is 0.875. The lowest BCUT2D eigenvalue weighted by molar-refractivity contribution is 0.493. The van der Waals surface area contributed by atoms with E-state index in [-0.39, 0.29) is 17.6 Å². The maximum atomic E-state index is 11.4. The number of rotatable bonds is 6. The Bertz CT molecular complexity index is 323. The summed E-state index contributed by atoms with van der Waals surface area (Å²) in [6.07, 6.45) is 0. The van der Waals surface area contributed by atoms with Gasteiger partial charge >= 0.3 is 0 Å². The summed E-state index contributed by atoms with van der Waals surface area (Å²) in [7, 11) is -3.46. The van der Waals surface area contributed by atoms with Gasteiger partial charge in [-0.15, -0.1) is 0 Å². The maximum absolute atomic E-state index is 11.4. The van der Waals surface area contributed by atoms with Crippen molar-refractivity contribution in [1.82, 2.24) is 9.44 Å². The van der Waals surface area contributed by atoms with Gasteiger partial charge in [-0.3, -0.25) is 0 Å². The summed E-state index contributed by atoms with van der Waals surface area (Å²) in [6.45, 7) is 7.25. The molecule has 0 rings (SSSR count). The first-order valence-electron chi connectivity index (χ1n) is 4.63. The molecule has 7 heteroatoms. The molecular weight excluding hydrogens is 234 g/mol. The van der Waals surface area contributed by atoms with Gasteiger partial charge < -0.3 is 5.73 Å². The molecule has 0 saturated carbocycles. The highest BCUT2D eigenvalue weighted by molar-refractivity contribution is 7.87. The van der Waals surface area contributed by atoms with Crippen molar-refractivity contribution in [3.05, 3.63) is 0 Å². The third-order valence-electron chi connectivity index (χ3n) is 1.76. The highest BCUT2D eigenvalue weighted by Gasteiger charge is 2.24. The van der Waals surface area contributed by atoms with Crippen molar-refractivity contribution in [2.45, 2.75) is 33.7 Å². The molecule has 0 unspecified atom stereocenters. The third kappa shape index (κ3) is 6.03. The quantitative estimate of drug-likeness (QED) is 0.588. The fourth-order valence-corrected chi connectivity index (χ4v) is 2.04. The molecule has 0 bridgehead atoms. The van der Waals surface area contributed by atoms with Crippen LogP contribution < -0.4 is 15.2 Å².